The lowest BCUT2D eigenvalue weighted by Gasteiger charge is -2.08. The first kappa shape index (κ1) is 18.5. The molecule has 7 heteroatoms. The van der Waals surface area contributed by atoms with Crippen LogP contribution in [0.3, 0.4) is 0 Å². The summed E-state index contributed by atoms with van der Waals surface area (Å²) >= 11 is 15.2. The molecule has 3 nitrogen and oxygen atoms in total. The average molecular weight is 436 g/mol. The van der Waals surface area contributed by atoms with Gasteiger partial charge >= 0.3 is 0 Å². The van der Waals surface area contributed by atoms with E-state index in [4.69, 9.17) is 23.2 Å². The van der Waals surface area contributed by atoms with Gasteiger partial charge in [0.05, 0.1) is 10.8 Å². The molecule has 2 rings (SSSR count). The van der Waals surface area contributed by atoms with Gasteiger partial charge in [0.1, 0.15) is 0 Å². The molecule has 23 heavy (non-hydrogen) atoms. The van der Waals surface area contributed by atoms with Crippen LogP contribution in [0, 0.1) is 0 Å². The van der Waals surface area contributed by atoms with E-state index in [1.165, 1.54) is 6.07 Å². The van der Waals surface area contributed by atoms with Crippen molar-refractivity contribution in [3.05, 3.63) is 67.6 Å². The van der Waals surface area contributed by atoms with Crippen LogP contribution in [0.4, 0.5) is 0 Å². The van der Waals surface area contributed by atoms with E-state index in [1.54, 1.807) is 37.3 Å². The highest BCUT2D eigenvalue weighted by molar-refractivity contribution is 9.10. The molecule has 0 fully saturated rings. The first-order valence-electron chi connectivity index (χ1n) is 6.72. The van der Waals surface area contributed by atoms with Crippen molar-refractivity contribution in [2.24, 2.45) is 0 Å². The van der Waals surface area contributed by atoms with Gasteiger partial charge in [-0.3, -0.25) is 4.79 Å². The molecule has 0 aliphatic heterocycles. The fourth-order valence-electron chi connectivity index (χ4n) is 2.01. The number of rotatable bonds is 5. The lowest BCUT2D eigenvalue weighted by atomic mass is 10.0. The number of sulfone groups is 1. The Morgan fingerprint density at radius 1 is 1.09 bits per heavy atom. The van der Waals surface area contributed by atoms with Gasteiger partial charge < -0.3 is 0 Å². The van der Waals surface area contributed by atoms with Gasteiger partial charge in [-0.25, -0.2) is 8.42 Å². The Labute approximate surface area is 153 Å². The maximum atomic E-state index is 12.6. The van der Waals surface area contributed by atoms with Crippen molar-refractivity contribution in [1.82, 2.24) is 0 Å². The minimum atomic E-state index is -3.13. The number of benzene rings is 2. The number of hydrogen-bond donors (Lipinski definition) is 0. The Bertz CT molecular complexity index is 864. The zero-order valence-corrected chi connectivity index (χ0v) is 16.1. The largest absolute Gasteiger partial charge is 0.289 e. The Morgan fingerprint density at radius 2 is 1.74 bits per heavy atom. The molecule has 0 saturated heterocycles. The van der Waals surface area contributed by atoms with E-state index in [0.717, 1.165) is 0 Å². The lowest BCUT2D eigenvalue weighted by Crippen LogP contribution is -2.08. The van der Waals surface area contributed by atoms with Gasteiger partial charge in [-0.15, -0.1) is 0 Å². The maximum Gasteiger partial charge on any atom is 0.195 e. The van der Waals surface area contributed by atoms with Crippen LogP contribution in [-0.2, 0) is 15.6 Å². The van der Waals surface area contributed by atoms with Crippen LogP contribution in [0.25, 0.3) is 0 Å². The van der Waals surface area contributed by atoms with E-state index >= 15 is 0 Å². The van der Waals surface area contributed by atoms with Gasteiger partial charge in [0, 0.05) is 26.4 Å². The SMILES string of the molecule is CCS(=O)(=O)Cc1ccc(C(=O)c2ccc(Cl)cc2Cl)c(Br)c1. The molecule has 0 heterocycles. The highest BCUT2D eigenvalue weighted by atomic mass is 79.9. The Hall–Kier alpha value is -0.880. The van der Waals surface area contributed by atoms with Crippen LogP contribution >= 0.6 is 39.1 Å². The number of carbonyl (C=O) groups is 1. The van der Waals surface area contributed by atoms with E-state index in [-0.39, 0.29) is 22.3 Å². The third kappa shape index (κ3) is 4.57. The minimum Gasteiger partial charge on any atom is -0.289 e. The van der Waals surface area contributed by atoms with Gasteiger partial charge in [0.25, 0.3) is 0 Å². The van der Waals surface area contributed by atoms with Crippen molar-refractivity contribution >= 4 is 54.8 Å². The summed E-state index contributed by atoms with van der Waals surface area (Å²) in [6.45, 7) is 1.60. The summed E-state index contributed by atoms with van der Waals surface area (Å²) in [4.78, 5) is 12.6. The van der Waals surface area contributed by atoms with Gasteiger partial charge in [-0.2, -0.15) is 0 Å². The number of carbonyl (C=O) groups excluding carboxylic acids is 1. The topological polar surface area (TPSA) is 51.2 Å². The third-order valence-electron chi connectivity index (χ3n) is 3.28. The summed E-state index contributed by atoms with van der Waals surface area (Å²) in [6.07, 6.45) is 0. The monoisotopic (exact) mass is 434 g/mol. The predicted octanol–water partition coefficient (Wildman–Crippen LogP) is 4.92. The molecule has 2 aromatic carbocycles. The first-order chi connectivity index (χ1) is 10.7. The van der Waals surface area contributed by atoms with E-state index < -0.39 is 9.84 Å². The van der Waals surface area contributed by atoms with Gasteiger partial charge in [0.15, 0.2) is 15.6 Å². The molecule has 0 saturated carbocycles. The molecule has 0 spiro atoms. The molecule has 0 unspecified atom stereocenters. The molecule has 0 aromatic heterocycles. The highest BCUT2D eigenvalue weighted by Crippen LogP contribution is 2.27. The Kier molecular flexibility index (Phi) is 5.89. The molecule has 0 amide bonds. The van der Waals surface area contributed by atoms with Gasteiger partial charge in [-0.05, 0) is 35.9 Å². The van der Waals surface area contributed by atoms with Crippen molar-refractivity contribution in [3.8, 4) is 0 Å². The van der Waals surface area contributed by atoms with E-state index in [1.807, 2.05) is 0 Å². The van der Waals surface area contributed by atoms with Crippen LogP contribution in [0.1, 0.15) is 28.4 Å². The Balaban J connectivity index is 2.35. The molecule has 0 N–H and O–H groups in total. The minimum absolute atomic E-state index is 0.0573. The summed E-state index contributed by atoms with van der Waals surface area (Å²) in [5.74, 6) is -0.243. The van der Waals surface area contributed by atoms with E-state index in [0.29, 0.717) is 26.2 Å². The molecular weight excluding hydrogens is 423 g/mol. The molecule has 0 aliphatic carbocycles. The number of ketones is 1. The predicted molar refractivity (Wildman–Crippen MR) is 97.2 cm³/mol. The summed E-state index contributed by atoms with van der Waals surface area (Å²) in [7, 11) is -3.13. The fraction of sp³-hybridized carbons (Fsp3) is 0.188. The summed E-state index contributed by atoms with van der Waals surface area (Å²) < 4.78 is 23.9. The van der Waals surface area contributed by atoms with Gasteiger partial charge in [-0.1, -0.05) is 52.1 Å². The second-order valence-corrected chi connectivity index (χ2v) is 9.00. The quantitative estimate of drug-likeness (QED) is 0.626. The van der Waals surface area contributed by atoms with Crippen molar-refractivity contribution in [2.75, 3.05) is 5.75 Å². The molecular formula is C16H13BrCl2O3S. The van der Waals surface area contributed by atoms with Crippen LogP contribution < -0.4 is 0 Å². The summed E-state index contributed by atoms with van der Waals surface area (Å²) in [5.41, 5.74) is 1.37. The fourth-order valence-corrected chi connectivity index (χ4v) is 4.00. The van der Waals surface area contributed by atoms with Crippen molar-refractivity contribution < 1.29 is 13.2 Å². The molecule has 2 aromatic rings. The number of halogens is 3. The lowest BCUT2D eigenvalue weighted by molar-refractivity contribution is 0.103. The van der Waals surface area contributed by atoms with Crippen LogP contribution in [0.15, 0.2) is 40.9 Å². The maximum absolute atomic E-state index is 12.6. The summed E-state index contributed by atoms with van der Waals surface area (Å²) in [6, 6.07) is 9.54. The molecule has 0 bridgehead atoms. The average Bonchev–Trinajstić information content (AvgIpc) is 2.46. The highest BCUT2D eigenvalue weighted by Gasteiger charge is 2.17. The van der Waals surface area contributed by atoms with Crippen molar-refractivity contribution in [3.63, 3.8) is 0 Å². The first-order valence-corrected chi connectivity index (χ1v) is 10.1. The van der Waals surface area contributed by atoms with Crippen LogP contribution in [-0.4, -0.2) is 20.0 Å². The summed E-state index contributed by atoms with van der Waals surface area (Å²) in [5, 5.41) is 0.720. The second kappa shape index (κ2) is 7.34. The standard InChI is InChI=1S/C16H13BrCl2O3S/c1-2-23(21,22)9-10-3-5-12(14(17)7-10)16(20)13-6-4-11(18)8-15(13)19/h3-8H,2,9H2,1H3. The van der Waals surface area contributed by atoms with Crippen molar-refractivity contribution in [2.45, 2.75) is 12.7 Å². The zero-order chi connectivity index (χ0) is 17.2. The Morgan fingerprint density at radius 3 is 2.30 bits per heavy atom. The van der Waals surface area contributed by atoms with E-state index in [9.17, 15) is 13.2 Å². The molecule has 122 valence electrons. The van der Waals surface area contributed by atoms with Crippen LogP contribution in [0.5, 0.6) is 0 Å². The zero-order valence-electron chi connectivity index (χ0n) is 12.1. The van der Waals surface area contributed by atoms with Crippen molar-refractivity contribution in [1.29, 1.82) is 0 Å². The third-order valence-corrected chi connectivity index (χ3v) is 6.14. The normalized spacial score (nSPS) is 11.5. The smallest absolute Gasteiger partial charge is 0.195 e. The second-order valence-electron chi connectivity index (χ2n) is 4.94. The van der Waals surface area contributed by atoms with E-state index in [2.05, 4.69) is 15.9 Å². The van der Waals surface area contributed by atoms with Crippen LogP contribution in [0.2, 0.25) is 10.0 Å². The van der Waals surface area contributed by atoms with Gasteiger partial charge in [0.2, 0.25) is 0 Å². The molecule has 0 radical (unpaired) electrons. The molecule has 0 aliphatic rings. The molecule has 0 atom stereocenters. The number of hydrogen-bond acceptors (Lipinski definition) is 3.